The van der Waals surface area contributed by atoms with Gasteiger partial charge in [-0.15, -0.1) is 0 Å². The molecule has 5 heteroatoms. The molecule has 0 fully saturated rings. The predicted molar refractivity (Wildman–Crippen MR) is 99.3 cm³/mol. The van der Waals surface area contributed by atoms with Crippen molar-refractivity contribution in [2.45, 2.75) is 13.3 Å². The van der Waals surface area contributed by atoms with Gasteiger partial charge in [-0.05, 0) is 43.8 Å². The fourth-order valence-corrected chi connectivity index (χ4v) is 2.74. The molecule has 0 aliphatic heterocycles. The minimum absolute atomic E-state index is 0.260. The van der Waals surface area contributed by atoms with E-state index in [9.17, 15) is 9.59 Å². The maximum Gasteiger partial charge on any atom is 0.318 e. The van der Waals surface area contributed by atoms with Crippen molar-refractivity contribution in [3.63, 3.8) is 0 Å². The number of nitrogens with one attached hydrogen (secondary N) is 1. The molecular formula is C20H26N2O3. The number of hydrogen-bond donors (Lipinski definition) is 1. The molecule has 1 atom stereocenters. The average Bonchev–Trinajstić information content (AvgIpc) is 2.59. The number of hydrogen-bond acceptors (Lipinski definition) is 4. The number of carbonyl (C=O) groups excluding carboxylic acids is 2. The molecule has 0 aliphatic rings. The van der Waals surface area contributed by atoms with E-state index in [4.69, 9.17) is 4.74 Å². The Bertz CT molecular complexity index is 722. The molecule has 0 heterocycles. The number of esters is 1. The lowest BCUT2D eigenvalue weighted by atomic mass is 9.94. The molecule has 0 spiro atoms. The van der Waals surface area contributed by atoms with Gasteiger partial charge in [0.05, 0.1) is 6.61 Å². The van der Waals surface area contributed by atoms with Gasteiger partial charge in [-0.1, -0.05) is 42.5 Å². The van der Waals surface area contributed by atoms with E-state index in [0.29, 0.717) is 13.0 Å². The van der Waals surface area contributed by atoms with Crippen LogP contribution in [0.4, 0.5) is 0 Å². The first-order chi connectivity index (χ1) is 12.0. The summed E-state index contributed by atoms with van der Waals surface area (Å²) in [4.78, 5) is 26.9. The number of likely N-dealkylation sites (N-methyl/N-ethyl adjacent to an activating group) is 1. The molecule has 25 heavy (non-hydrogen) atoms. The Hall–Kier alpha value is -2.40. The molecule has 134 valence electrons. The quantitative estimate of drug-likeness (QED) is 0.590. The molecule has 2 aromatic carbocycles. The molecule has 1 amide bonds. The minimum atomic E-state index is -0.840. The van der Waals surface area contributed by atoms with E-state index in [1.165, 1.54) is 0 Å². The summed E-state index contributed by atoms with van der Waals surface area (Å²) in [6.45, 7) is 3.22. The molecule has 0 saturated heterocycles. The van der Waals surface area contributed by atoms with Gasteiger partial charge in [0.25, 0.3) is 0 Å². The van der Waals surface area contributed by atoms with Crippen molar-refractivity contribution in [3.05, 3.63) is 48.0 Å². The van der Waals surface area contributed by atoms with Gasteiger partial charge in [0.2, 0.25) is 5.91 Å². The first-order valence-electron chi connectivity index (χ1n) is 8.58. The van der Waals surface area contributed by atoms with Crippen LogP contribution in [-0.2, 0) is 20.7 Å². The second kappa shape index (κ2) is 9.18. The highest BCUT2D eigenvalue weighted by molar-refractivity contribution is 5.98. The Morgan fingerprint density at radius 2 is 1.84 bits per heavy atom. The SMILES string of the molecule is CCOC(=O)[C@@H](Cc1cccc2ccccc12)C(=O)NCCN(C)C. The summed E-state index contributed by atoms with van der Waals surface area (Å²) in [5, 5.41) is 4.99. The zero-order valence-electron chi connectivity index (χ0n) is 15.1. The Balaban J connectivity index is 2.20. The van der Waals surface area contributed by atoms with E-state index in [1.807, 2.05) is 61.5 Å². The van der Waals surface area contributed by atoms with E-state index in [1.54, 1.807) is 6.92 Å². The number of amides is 1. The number of rotatable bonds is 8. The van der Waals surface area contributed by atoms with Gasteiger partial charge in [-0.2, -0.15) is 0 Å². The summed E-state index contributed by atoms with van der Waals surface area (Å²) in [6.07, 6.45) is 0.327. The number of ether oxygens (including phenoxy) is 1. The number of nitrogens with zero attached hydrogens (tertiary/aromatic N) is 1. The molecule has 0 aliphatic carbocycles. The molecule has 2 aromatic rings. The van der Waals surface area contributed by atoms with Crippen LogP contribution in [0, 0.1) is 5.92 Å². The Kier molecular flexibility index (Phi) is 6.95. The molecule has 0 saturated carbocycles. The van der Waals surface area contributed by atoms with E-state index < -0.39 is 11.9 Å². The Labute approximate surface area is 149 Å². The van der Waals surface area contributed by atoms with E-state index in [-0.39, 0.29) is 12.5 Å². The van der Waals surface area contributed by atoms with Crippen LogP contribution in [0.5, 0.6) is 0 Å². The zero-order chi connectivity index (χ0) is 18.2. The van der Waals surface area contributed by atoms with Gasteiger partial charge < -0.3 is 15.0 Å². The van der Waals surface area contributed by atoms with Crippen molar-refractivity contribution < 1.29 is 14.3 Å². The van der Waals surface area contributed by atoms with Crippen LogP contribution in [0.1, 0.15) is 12.5 Å². The molecular weight excluding hydrogens is 316 g/mol. The standard InChI is InChI=1S/C20H26N2O3/c1-4-25-20(24)18(19(23)21-12-13-22(2)3)14-16-10-7-9-15-8-5-6-11-17(15)16/h5-11,18H,4,12-14H2,1-3H3,(H,21,23)/t18-/m0/s1. The highest BCUT2D eigenvalue weighted by atomic mass is 16.5. The Morgan fingerprint density at radius 1 is 1.12 bits per heavy atom. The molecule has 0 aromatic heterocycles. The lowest BCUT2D eigenvalue weighted by Gasteiger charge is -2.18. The third-order valence-electron chi connectivity index (χ3n) is 4.05. The predicted octanol–water partition coefficient (Wildman–Crippen LogP) is 2.24. The molecule has 2 rings (SSSR count). The monoisotopic (exact) mass is 342 g/mol. The topological polar surface area (TPSA) is 58.6 Å². The molecule has 0 unspecified atom stereocenters. The van der Waals surface area contributed by atoms with Gasteiger partial charge in [0.15, 0.2) is 0 Å². The third-order valence-corrected chi connectivity index (χ3v) is 4.05. The summed E-state index contributed by atoms with van der Waals surface area (Å²) in [5.74, 6) is -1.60. The minimum Gasteiger partial charge on any atom is -0.465 e. The summed E-state index contributed by atoms with van der Waals surface area (Å²) >= 11 is 0. The van der Waals surface area contributed by atoms with Gasteiger partial charge in [0.1, 0.15) is 5.92 Å². The normalized spacial score (nSPS) is 12.2. The number of carbonyl (C=O) groups is 2. The maximum atomic E-state index is 12.6. The third kappa shape index (κ3) is 5.29. The summed E-state index contributed by atoms with van der Waals surface area (Å²) in [7, 11) is 3.87. The van der Waals surface area contributed by atoms with Crippen molar-refractivity contribution in [1.29, 1.82) is 0 Å². The smallest absolute Gasteiger partial charge is 0.318 e. The fraction of sp³-hybridized carbons (Fsp3) is 0.400. The Morgan fingerprint density at radius 3 is 2.56 bits per heavy atom. The second-order valence-corrected chi connectivity index (χ2v) is 6.24. The van der Waals surface area contributed by atoms with Crippen molar-refractivity contribution in [2.75, 3.05) is 33.8 Å². The van der Waals surface area contributed by atoms with Crippen LogP contribution >= 0.6 is 0 Å². The van der Waals surface area contributed by atoms with Crippen LogP contribution in [0.25, 0.3) is 10.8 Å². The van der Waals surface area contributed by atoms with Crippen molar-refractivity contribution >= 4 is 22.6 Å². The second-order valence-electron chi connectivity index (χ2n) is 6.24. The summed E-state index contributed by atoms with van der Waals surface area (Å²) in [5.41, 5.74) is 0.971. The van der Waals surface area contributed by atoms with E-state index in [2.05, 4.69) is 5.32 Å². The number of fused-ring (bicyclic) bond motifs is 1. The van der Waals surface area contributed by atoms with Crippen LogP contribution in [0.2, 0.25) is 0 Å². The fourth-order valence-electron chi connectivity index (χ4n) is 2.74. The average molecular weight is 342 g/mol. The van der Waals surface area contributed by atoms with Gasteiger partial charge in [0, 0.05) is 13.1 Å². The maximum absolute atomic E-state index is 12.6. The molecule has 0 radical (unpaired) electrons. The highest BCUT2D eigenvalue weighted by Crippen LogP contribution is 2.22. The zero-order valence-corrected chi connectivity index (χ0v) is 15.1. The van der Waals surface area contributed by atoms with Crippen LogP contribution < -0.4 is 5.32 Å². The van der Waals surface area contributed by atoms with Gasteiger partial charge in [-0.3, -0.25) is 9.59 Å². The highest BCUT2D eigenvalue weighted by Gasteiger charge is 2.28. The van der Waals surface area contributed by atoms with Crippen molar-refractivity contribution in [3.8, 4) is 0 Å². The lowest BCUT2D eigenvalue weighted by Crippen LogP contribution is -2.40. The van der Waals surface area contributed by atoms with Gasteiger partial charge in [-0.25, -0.2) is 0 Å². The summed E-state index contributed by atoms with van der Waals surface area (Å²) < 4.78 is 5.13. The van der Waals surface area contributed by atoms with E-state index >= 15 is 0 Å². The van der Waals surface area contributed by atoms with Crippen molar-refractivity contribution in [2.24, 2.45) is 5.92 Å². The van der Waals surface area contributed by atoms with E-state index in [0.717, 1.165) is 22.9 Å². The molecule has 5 nitrogen and oxygen atoms in total. The van der Waals surface area contributed by atoms with Crippen LogP contribution in [0.3, 0.4) is 0 Å². The lowest BCUT2D eigenvalue weighted by molar-refractivity contribution is -0.152. The first kappa shape index (κ1) is 18.9. The number of benzene rings is 2. The molecule has 1 N–H and O–H groups in total. The van der Waals surface area contributed by atoms with Crippen LogP contribution in [0.15, 0.2) is 42.5 Å². The van der Waals surface area contributed by atoms with Crippen molar-refractivity contribution in [1.82, 2.24) is 10.2 Å². The van der Waals surface area contributed by atoms with Gasteiger partial charge >= 0.3 is 5.97 Å². The van der Waals surface area contributed by atoms with Crippen LogP contribution in [-0.4, -0.2) is 50.6 Å². The largest absolute Gasteiger partial charge is 0.465 e. The first-order valence-corrected chi connectivity index (χ1v) is 8.58. The summed E-state index contributed by atoms with van der Waals surface area (Å²) in [6, 6.07) is 13.9. The molecule has 0 bridgehead atoms.